The quantitative estimate of drug-likeness (QED) is 0.682. The average molecular weight is 234 g/mol. The van der Waals surface area contributed by atoms with E-state index >= 15 is 0 Å². The van der Waals surface area contributed by atoms with Gasteiger partial charge in [0.15, 0.2) is 0 Å². The van der Waals surface area contributed by atoms with Gasteiger partial charge in [-0.05, 0) is 39.2 Å². The van der Waals surface area contributed by atoms with Gasteiger partial charge in [0.1, 0.15) is 0 Å². The van der Waals surface area contributed by atoms with E-state index in [1.54, 1.807) is 6.92 Å². The monoisotopic (exact) mass is 234 g/mol. The molecular formula is C10H22N2O2S. The first-order valence-electron chi connectivity index (χ1n) is 5.69. The second kappa shape index (κ2) is 5.27. The van der Waals surface area contributed by atoms with Crippen LogP contribution in [0.1, 0.15) is 33.6 Å². The predicted molar refractivity (Wildman–Crippen MR) is 62.2 cm³/mol. The fourth-order valence-corrected chi connectivity index (χ4v) is 2.81. The highest BCUT2D eigenvalue weighted by molar-refractivity contribution is 7.90. The molecule has 0 aromatic heterocycles. The van der Waals surface area contributed by atoms with Gasteiger partial charge in [-0.15, -0.1) is 0 Å². The topological polar surface area (TPSA) is 58.2 Å². The minimum atomic E-state index is -3.15. The van der Waals surface area contributed by atoms with Gasteiger partial charge in [-0.3, -0.25) is 0 Å². The second-order valence-corrected chi connectivity index (χ2v) is 6.54. The molecule has 1 rings (SSSR count). The van der Waals surface area contributed by atoms with E-state index in [-0.39, 0.29) is 11.3 Å². The third-order valence-electron chi connectivity index (χ3n) is 2.89. The van der Waals surface area contributed by atoms with Gasteiger partial charge >= 0.3 is 0 Å². The number of nitrogens with one attached hydrogen (secondary N) is 2. The van der Waals surface area contributed by atoms with Crippen molar-refractivity contribution in [1.29, 1.82) is 0 Å². The van der Waals surface area contributed by atoms with Crippen molar-refractivity contribution in [2.24, 2.45) is 5.92 Å². The lowest BCUT2D eigenvalue weighted by molar-refractivity contribution is 0.523. The van der Waals surface area contributed by atoms with Crippen LogP contribution < -0.4 is 10.0 Å². The van der Waals surface area contributed by atoms with Crippen molar-refractivity contribution in [3.05, 3.63) is 0 Å². The molecule has 0 saturated heterocycles. The molecule has 0 radical (unpaired) electrons. The van der Waals surface area contributed by atoms with Gasteiger partial charge in [0.2, 0.25) is 10.0 Å². The van der Waals surface area contributed by atoms with Crippen molar-refractivity contribution >= 4 is 10.0 Å². The van der Waals surface area contributed by atoms with Crippen molar-refractivity contribution in [3.63, 3.8) is 0 Å². The Morgan fingerprint density at radius 1 is 1.33 bits per heavy atom. The van der Waals surface area contributed by atoms with Gasteiger partial charge in [-0.1, -0.05) is 6.92 Å². The van der Waals surface area contributed by atoms with Gasteiger partial charge in [-0.2, -0.15) is 0 Å². The van der Waals surface area contributed by atoms with Crippen molar-refractivity contribution in [1.82, 2.24) is 10.0 Å². The molecule has 2 N–H and O–H groups in total. The predicted octanol–water partition coefficient (Wildman–Crippen LogP) is 0.702. The molecule has 2 atom stereocenters. The average Bonchev–Trinajstić information content (AvgIpc) is 2.96. The smallest absolute Gasteiger partial charge is 0.215 e. The van der Waals surface area contributed by atoms with Gasteiger partial charge in [0.25, 0.3) is 0 Å². The molecule has 0 aromatic carbocycles. The molecule has 0 aliphatic heterocycles. The van der Waals surface area contributed by atoms with E-state index < -0.39 is 10.0 Å². The Kier molecular flexibility index (Phi) is 4.55. The molecule has 2 unspecified atom stereocenters. The molecule has 1 fully saturated rings. The number of hydrogen-bond donors (Lipinski definition) is 2. The summed E-state index contributed by atoms with van der Waals surface area (Å²) >= 11 is 0. The third kappa shape index (κ3) is 4.09. The number of sulfonamides is 1. The SMILES string of the molecule is CCNCC(C)S(=O)(=O)NC(C)C1CC1. The first kappa shape index (κ1) is 12.9. The maximum absolute atomic E-state index is 11.8. The van der Waals surface area contributed by atoms with Crippen LogP contribution in [0.5, 0.6) is 0 Å². The van der Waals surface area contributed by atoms with E-state index in [1.165, 1.54) is 0 Å². The zero-order chi connectivity index (χ0) is 11.5. The van der Waals surface area contributed by atoms with Gasteiger partial charge < -0.3 is 5.32 Å². The summed E-state index contributed by atoms with van der Waals surface area (Å²) in [5, 5.41) is 2.69. The lowest BCUT2D eigenvalue weighted by Gasteiger charge is -2.18. The van der Waals surface area contributed by atoms with Crippen molar-refractivity contribution < 1.29 is 8.42 Å². The highest BCUT2D eigenvalue weighted by Crippen LogP contribution is 2.32. The van der Waals surface area contributed by atoms with E-state index in [9.17, 15) is 8.42 Å². The highest BCUT2D eigenvalue weighted by Gasteiger charge is 2.32. The second-order valence-electron chi connectivity index (χ2n) is 4.41. The van der Waals surface area contributed by atoms with Gasteiger partial charge in [0.05, 0.1) is 5.25 Å². The van der Waals surface area contributed by atoms with Crippen molar-refractivity contribution in [2.45, 2.75) is 44.9 Å². The van der Waals surface area contributed by atoms with Crippen LogP contribution in [0, 0.1) is 5.92 Å². The Labute approximate surface area is 92.9 Å². The highest BCUT2D eigenvalue weighted by atomic mass is 32.2. The molecule has 0 aromatic rings. The molecule has 15 heavy (non-hydrogen) atoms. The zero-order valence-corrected chi connectivity index (χ0v) is 10.6. The van der Waals surface area contributed by atoms with Crippen molar-refractivity contribution in [2.75, 3.05) is 13.1 Å². The summed E-state index contributed by atoms with van der Waals surface area (Å²) in [7, 11) is -3.15. The van der Waals surface area contributed by atoms with Crippen LogP contribution in [0.4, 0.5) is 0 Å². The van der Waals surface area contributed by atoms with E-state index in [1.807, 2.05) is 13.8 Å². The standard InChI is InChI=1S/C10H22N2O2S/c1-4-11-7-8(2)15(13,14)12-9(3)10-5-6-10/h8-12H,4-7H2,1-3H3. The zero-order valence-electron chi connectivity index (χ0n) is 9.79. The first-order valence-corrected chi connectivity index (χ1v) is 7.24. The molecular weight excluding hydrogens is 212 g/mol. The Morgan fingerprint density at radius 2 is 1.93 bits per heavy atom. The molecule has 0 amide bonds. The molecule has 5 heteroatoms. The molecule has 90 valence electrons. The summed E-state index contributed by atoms with van der Waals surface area (Å²) in [6.45, 7) is 6.99. The lowest BCUT2D eigenvalue weighted by Crippen LogP contribution is -2.43. The Morgan fingerprint density at radius 3 is 2.40 bits per heavy atom. The molecule has 0 bridgehead atoms. The molecule has 1 saturated carbocycles. The van der Waals surface area contributed by atoms with Crippen molar-refractivity contribution in [3.8, 4) is 0 Å². The Bertz CT molecular complexity index is 286. The van der Waals surface area contributed by atoms with Crippen LogP contribution in [0.25, 0.3) is 0 Å². The Hall–Kier alpha value is -0.130. The summed E-state index contributed by atoms with van der Waals surface area (Å²) in [5.41, 5.74) is 0. The van der Waals surface area contributed by atoms with E-state index in [4.69, 9.17) is 0 Å². The van der Waals surface area contributed by atoms with Crippen LogP contribution >= 0.6 is 0 Å². The molecule has 1 aliphatic carbocycles. The first-order chi connectivity index (χ1) is 6.97. The number of rotatable bonds is 7. The van der Waals surface area contributed by atoms with Crippen LogP contribution in [0.15, 0.2) is 0 Å². The largest absolute Gasteiger partial charge is 0.316 e. The van der Waals surface area contributed by atoms with E-state index in [0.717, 1.165) is 19.4 Å². The maximum atomic E-state index is 11.8. The summed E-state index contributed by atoms with van der Waals surface area (Å²) in [4.78, 5) is 0. The van der Waals surface area contributed by atoms with Crippen LogP contribution in [-0.2, 0) is 10.0 Å². The minimum Gasteiger partial charge on any atom is -0.316 e. The Balaban J connectivity index is 2.41. The third-order valence-corrected chi connectivity index (χ3v) is 4.82. The van der Waals surface area contributed by atoms with Gasteiger partial charge in [-0.25, -0.2) is 13.1 Å². The van der Waals surface area contributed by atoms with Gasteiger partial charge in [0, 0.05) is 12.6 Å². The minimum absolute atomic E-state index is 0.0964. The summed E-state index contributed by atoms with van der Waals surface area (Å²) in [6.07, 6.45) is 2.32. The fraction of sp³-hybridized carbons (Fsp3) is 1.00. The normalized spacial score (nSPS) is 21.3. The van der Waals surface area contributed by atoms with E-state index in [0.29, 0.717) is 12.5 Å². The number of hydrogen-bond acceptors (Lipinski definition) is 3. The fourth-order valence-electron chi connectivity index (χ4n) is 1.53. The van der Waals surface area contributed by atoms with Crippen LogP contribution in [0.3, 0.4) is 0 Å². The summed E-state index contributed by atoms with van der Waals surface area (Å²) in [5.74, 6) is 0.561. The van der Waals surface area contributed by atoms with Crippen LogP contribution in [0.2, 0.25) is 0 Å². The molecule has 0 spiro atoms. The molecule has 0 heterocycles. The van der Waals surface area contributed by atoms with E-state index in [2.05, 4.69) is 10.0 Å². The maximum Gasteiger partial charge on any atom is 0.215 e. The molecule has 1 aliphatic rings. The van der Waals surface area contributed by atoms with Crippen LogP contribution in [-0.4, -0.2) is 32.8 Å². The molecule has 4 nitrogen and oxygen atoms in total. The lowest BCUT2D eigenvalue weighted by atomic mass is 10.2. The summed E-state index contributed by atoms with van der Waals surface area (Å²) in [6, 6.07) is 0.0964. The summed E-state index contributed by atoms with van der Waals surface area (Å²) < 4.78 is 26.4.